The summed E-state index contributed by atoms with van der Waals surface area (Å²) in [6, 6.07) is 20.5. The molecule has 3 aromatic carbocycles. The van der Waals surface area contributed by atoms with Gasteiger partial charge < -0.3 is 20.1 Å². The fourth-order valence-corrected chi connectivity index (χ4v) is 3.33. The number of anilines is 2. The summed E-state index contributed by atoms with van der Waals surface area (Å²) in [4.78, 5) is 24.1. The second-order valence-corrected chi connectivity index (χ2v) is 8.76. The Bertz CT molecular complexity index is 1130. The maximum Gasteiger partial charge on any atom is 0.262 e. The minimum atomic E-state index is -0.238. The fraction of sp³-hybridized carbons (Fsp3) is 0.231. The summed E-state index contributed by atoms with van der Waals surface area (Å²) in [7, 11) is 0. The number of rotatable bonds is 5. The first kappa shape index (κ1) is 21.4. The van der Waals surface area contributed by atoms with Crippen molar-refractivity contribution < 1.29 is 19.1 Å². The molecular formula is C26H26N2O4. The van der Waals surface area contributed by atoms with Crippen molar-refractivity contribution >= 4 is 23.2 Å². The van der Waals surface area contributed by atoms with Gasteiger partial charge in [0, 0.05) is 11.3 Å². The van der Waals surface area contributed by atoms with Gasteiger partial charge >= 0.3 is 0 Å². The van der Waals surface area contributed by atoms with E-state index >= 15 is 0 Å². The highest BCUT2D eigenvalue weighted by Crippen LogP contribution is 2.30. The van der Waals surface area contributed by atoms with E-state index in [1.54, 1.807) is 30.3 Å². The van der Waals surface area contributed by atoms with Crippen LogP contribution in [0.25, 0.3) is 0 Å². The molecule has 0 atom stereocenters. The van der Waals surface area contributed by atoms with Crippen LogP contribution in [-0.2, 0) is 16.8 Å². The summed E-state index contributed by atoms with van der Waals surface area (Å²) >= 11 is 0. The quantitative estimate of drug-likeness (QED) is 0.587. The first-order valence-electron chi connectivity index (χ1n) is 10.5. The van der Waals surface area contributed by atoms with Crippen LogP contribution in [0.5, 0.6) is 11.5 Å². The Labute approximate surface area is 187 Å². The van der Waals surface area contributed by atoms with E-state index in [4.69, 9.17) is 9.47 Å². The Morgan fingerprint density at radius 1 is 1.03 bits per heavy atom. The summed E-state index contributed by atoms with van der Waals surface area (Å²) in [6.45, 7) is 6.95. The molecule has 0 spiro atoms. The molecule has 0 saturated heterocycles. The van der Waals surface area contributed by atoms with Crippen molar-refractivity contribution in [2.45, 2.75) is 32.8 Å². The number of nitrogens with one attached hydrogen (secondary N) is 2. The highest BCUT2D eigenvalue weighted by atomic mass is 16.5. The molecule has 164 valence electrons. The molecule has 4 rings (SSSR count). The topological polar surface area (TPSA) is 76.7 Å². The van der Waals surface area contributed by atoms with Crippen molar-refractivity contribution in [2.24, 2.45) is 0 Å². The monoisotopic (exact) mass is 430 g/mol. The van der Waals surface area contributed by atoms with Gasteiger partial charge in [0.25, 0.3) is 11.8 Å². The molecule has 0 aromatic heterocycles. The van der Waals surface area contributed by atoms with E-state index in [9.17, 15) is 9.59 Å². The zero-order chi connectivity index (χ0) is 22.7. The van der Waals surface area contributed by atoms with Gasteiger partial charge in [0.2, 0.25) is 0 Å². The van der Waals surface area contributed by atoms with Crippen LogP contribution in [0.4, 0.5) is 11.4 Å². The summed E-state index contributed by atoms with van der Waals surface area (Å²) in [5.74, 6) is 0.936. The van der Waals surface area contributed by atoms with Crippen molar-refractivity contribution in [1.82, 2.24) is 0 Å². The van der Waals surface area contributed by atoms with E-state index in [0.717, 1.165) is 11.3 Å². The molecule has 0 fully saturated rings. The first-order valence-corrected chi connectivity index (χ1v) is 10.5. The van der Waals surface area contributed by atoms with Gasteiger partial charge in [0.05, 0.1) is 5.69 Å². The number of ether oxygens (including phenoxy) is 2. The Morgan fingerprint density at radius 2 is 1.75 bits per heavy atom. The van der Waals surface area contributed by atoms with Gasteiger partial charge in [-0.15, -0.1) is 0 Å². The Balaban J connectivity index is 1.34. The minimum Gasteiger partial charge on any atom is -0.489 e. The molecule has 0 unspecified atom stereocenters. The van der Waals surface area contributed by atoms with Crippen LogP contribution in [0.15, 0.2) is 66.7 Å². The maximum atomic E-state index is 12.6. The second-order valence-electron chi connectivity index (χ2n) is 8.76. The van der Waals surface area contributed by atoms with Crippen molar-refractivity contribution in [3.63, 3.8) is 0 Å². The van der Waals surface area contributed by atoms with Crippen LogP contribution in [0.3, 0.4) is 0 Å². The van der Waals surface area contributed by atoms with Crippen LogP contribution < -0.4 is 20.1 Å². The Hall–Kier alpha value is -3.80. The molecular weight excluding hydrogens is 404 g/mol. The molecule has 6 nitrogen and oxygen atoms in total. The molecule has 2 N–H and O–H groups in total. The van der Waals surface area contributed by atoms with Crippen molar-refractivity contribution in [1.29, 1.82) is 0 Å². The predicted molar refractivity (Wildman–Crippen MR) is 124 cm³/mol. The average Bonchev–Trinajstić information content (AvgIpc) is 2.77. The zero-order valence-electron chi connectivity index (χ0n) is 18.4. The van der Waals surface area contributed by atoms with E-state index in [-0.39, 0.29) is 23.8 Å². The highest BCUT2D eigenvalue weighted by Gasteiger charge is 2.17. The molecule has 1 aliphatic heterocycles. The SMILES string of the molecule is CC(C)(C)c1ccc(OCc2ccc(C(=O)Nc3ccc4c(c3)NC(=O)CO4)cc2)cc1. The van der Waals surface area contributed by atoms with E-state index < -0.39 is 0 Å². The van der Waals surface area contributed by atoms with Gasteiger partial charge in [0.15, 0.2) is 6.61 Å². The van der Waals surface area contributed by atoms with Crippen LogP contribution in [-0.4, -0.2) is 18.4 Å². The largest absolute Gasteiger partial charge is 0.489 e. The standard InChI is InChI=1S/C26H26N2O4/c1-26(2,3)19-8-11-21(12-9-19)31-15-17-4-6-18(7-5-17)25(30)27-20-10-13-23-22(14-20)28-24(29)16-32-23/h4-14H,15-16H2,1-3H3,(H,27,30)(H,28,29). The van der Waals surface area contributed by atoms with Crippen LogP contribution in [0.1, 0.15) is 42.3 Å². The summed E-state index contributed by atoms with van der Waals surface area (Å²) in [5.41, 5.74) is 3.98. The molecule has 1 heterocycles. The van der Waals surface area contributed by atoms with Gasteiger partial charge in [-0.25, -0.2) is 0 Å². The number of hydrogen-bond donors (Lipinski definition) is 2. The highest BCUT2D eigenvalue weighted by molar-refractivity contribution is 6.05. The smallest absolute Gasteiger partial charge is 0.262 e. The molecule has 3 aromatic rings. The number of amides is 2. The van der Waals surface area contributed by atoms with Crippen molar-refractivity contribution in [2.75, 3.05) is 17.2 Å². The normalized spacial score (nSPS) is 12.9. The van der Waals surface area contributed by atoms with E-state index in [1.165, 1.54) is 5.56 Å². The molecule has 0 saturated carbocycles. The van der Waals surface area contributed by atoms with Crippen LogP contribution >= 0.6 is 0 Å². The minimum absolute atomic E-state index is 0.00298. The van der Waals surface area contributed by atoms with Crippen LogP contribution in [0, 0.1) is 0 Å². The molecule has 1 aliphatic rings. The average molecular weight is 431 g/mol. The number of carbonyl (C=O) groups excluding carboxylic acids is 2. The summed E-state index contributed by atoms with van der Waals surface area (Å²) in [5, 5.41) is 5.57. The van der Waals surface area contributed by atoms with Gasteiger partial charge in [-0.3, -0.25) is 9.59 Å². The second kappa shape index (κ2) is 8.75. The lowest BCUT2D eigenvalue weighted by Crippen LogP contribution is -2.25. The van der Waals surface area contributed by atoms with Crippen molar-refractivity contribution in [3.8, 4) is 11.5 Å². The molecule has 32 heavy (non-hydrogen) atoms. The lowest BCUT2D eigenvalue weighted by Gasteiger charge is -2.19. The molecule has 0 aliphatic carbocycles. The number of carbonyl (C=O) groups is 2. The zero-order valence-corrected chi connectivity index (χ0v) is 18.4. The Kier molecular flexibility index (Phi) is 5.86. The first-order chi connectivity index (χ1) is 15.3. The van der Waals surface area contributed by atoms with E-state index in [2.05, 4.69) is 43.5 Å². The number of benzene rings is 3. The van der Waals surface area contributed by atoms with Gasteiger partial charge in [0.1, 0.15) is 18.1 Å². The lowest BCUT2D eigenvalue weighted by atomic mass is 9.87. The fourth-order valence-electron chi connectivity index (χ4n) is 3.33. The third-order valence-corrected chi connectivity index (χ3v) is 5.21. The third kappa shape index (κ3) is 5.09. The molecule has 0 radical (unpaired) electrons. The summed E-state index contributed by atoms with van der Waals surface area (Å²) < 4.78 is 11.2. The number of fused-ring (bicyclic) bond motifs is 1. The lowest BCUT2D eigenvalue weighted by molar-refractivity contribution is -0.118. The van der Waals surface area contributed by atoms with Gasteiger partial charge in [-0.05, 0) is 59.0 Å². The molecule has 0 bridgehead atoms. The van der Waals surface area contributed by atoms with E-state index in [1.807, 2.05) is 24.3 Å². The third-order valence-electron chi connectivity index (χ3n) is 5.21. The Morgan fingerprint density at radius 3 is 2.44 bits per heavy atom. The molecule has 6 heteroatoms. The summed E-state index contributed by atoms with van der Waals surface area (Å²) in [6.07, 6.45) is 0. The molecule has 2 amide bonds. The maximum absolute atomic E-state index is 12.6. The predicted octanol–water partition coefficient (Wildman–Crippen LogP) is 5.15. The van der Waals surface area contributed by atoms with E-state index in [0.29, 0.717) is 29.3 Å². The van der Waals surface area contributed by atoms with Crippen LogP contribution in [0.2, 0.25) is 0 Å². The van der Waals surface area contributed by atoms with Gasteiger partial charge in [-0.2, -0.15) is 0 Å². The number of hydrogen-bond acceptors (Lipinski definition) is 4. The van der Waals surface area contributed by atoms with Crippen molar-refractivity contribution in [3.05, 3.63) is 83.4 Å². The van der Waals surface area contributed by atoms with Gasteiger partial charge in [-0.1, -0.05) is 45.0 Å².